The van der Waals surface area contributed by atoms with Crippen molar-refractivity contribution in [3.8, 4) is 11.3 Å². The number of hydrogen-bond acceptors (Lipinski definition) is 3. The van der Waals surface area contributed by atoms with Crippen LogP contribution in [0.4, 0.5) is 0 Å². The maximum absolute atomic E-state index is 11.9. The molecule has 3 rings (SSSR count). The molecule has 0 N–H and O–H groups in total. The van der Waals surface area contributed by atoms with Gasteiger partial charge in [-0.15, -0.1) is 0 Å². The zero-order valence-electron chi connectivity index (χ0n) is 12.1. The normalized spacial score (nSPS) is 10.8. The van der Waals surface area contributed by atoms with Crippen molar-refractivity contribution < 1.29 is 13.9 Å². The number of esters is 1. The number of aryl methyl sites for hydroxylation is 1. The van der Waals surface area contributed by atoms with Crippen LogP contribution >= 0.6 is 0 Å². The topological polar surface area (TPSA) is 39.4 Å². The predicted octanol–water partition coefficient (Wildman–Crippen LogP) is 4.58. The molecule has 0 spiro atoms. The summed E-state index contributed by atoms with van der Waals surface area (Å²) in [6.45, 7) is 3.92. The van der Waals surface area contributed by atoms with Crippen molar-refractivity contribution in [1.29, 1.82) is 0 Å². The van der Waals surface area contributed by atoms with E-state index < -0.39 is 0 Å². The molecule has 0 radical (unpaired) electrons. The maximum atomic E-state index is 11.9. The van der Waals surface area contributed by atoms with Gasteiger partial charge < -0.3 is 9.15 Å². The first-order chi connectivity index (χ1) is 10.2. The van der Waals surface area contributed by atoms with Crippen LogP contribution in [-0.4, -0.2) is 12.6 Å². The minimum absolute atomic E-state index is 0.342. The Morgan fingerprint density at radius 3 is 2.71 bits per heavy atom. The molecule has 106 valence electrons. The van der Waals surface area contributed by atoms with Gasteiger partial charge in [0.25, 0.3) is 0 Å². The molecule has 1 aromatic heterocycles. The number of hydrogen-bond donors (Lipinski definition) is 0. The van der Waals surface area contributed by atoms with Gasteiger partial charge in [0.05, 0.1) is 6.61 Å². The van der Waals surface area contributed by atoms with Crippen LogP contribution in [0.15, 0.2) is 52.9 Å². The van der Waals surface area contributed by atoms with Crippen molar-refractivity contribution in [3.05, 3.63) is 59.9 Å². The highest BCUT2D eigenvalue weighted by molar-refractivity contribution is 5.97. The highest BCUT2D eigenvalue weighted by Gasteiger charge is 2.17. The second-order valence-corrected chi connectivity index (χ2v) is 4.83. The molecule has 21 heavy (non-hydrogen) atoms. The van der Waals surface area contributed by atoms with Crippen LogP contribution in [0.5, 0.6) is 0 Å². The Labute approximate surface area is 123 Å². The van der Waals surface area contributed by atoms with Crippen LogP contribution in [0.1, 0.15) is 23.0 Å². The summed E-state index contributed by atoms with van der Waals surface area (Å²) in [6.07, 6.45) is 0. The number of benzene rings is 2. The predicted molar refractivity (Wildman–Crippen MR) is 82.3 cm³/mol. The number of ether oxygens (including phenoxy) is 1. The lowest BCUT2D eigenvalue weighted by atomic mass is 10.0. The van der Waals surface area contributed by atoms with Crippen molar-refractivity contribution in [2.45, 2.75) is 13.8 Å². The van der Waals surface area contributed by atoms with Crippen LogP contribution < -0.4 is 0 Å². The number of fused-ring (bicyclic) bond motifs is 1. The van der Waals surface area contributed by atoms with Crippen molar-refractivity contribution in [2.75, 3.05) is 6.61 Å². The van der Waals surface area contributed by atoms with Gasteiger partial charge in [0.2, 0.25) is 0 Å². The van der Waals surface area contributed by atoms with E-state index in [1.807, 2.05) is 30.3 Å². The van der Waals surface area contributed by atoms with Crippen molar-refractivity contribution >= 4 is 16.7 Å². The van der Waals surface area contributed by atoms with Gasteiger partial charge in [-0.2, -0.15) is 0 Å². The molecule has 3 aromatic rings. The van der Waals surface area contributed by atoms with Crippen molar-refractivity contribution in [3.63, 3.8) is 0 Å². The minimum Gasteiger partial charge on any atom is -0.462 e. The third kappa shape index (κ3) is 2.42. The fourth-order valence-corrected chi connectivity index (χ4v) is 2.47. The Balaban J connectivity index is 2.12. The van der Waals surface area contributed by atoms with E-state index in [2.05, 4.69) is 12.1 Å². The van der Waals surface area contributed by atoms with Crippen LogP contribution in [0.3, 0.4) is 0 Å². The molecule has 0 aliphatic rings. The summed E-state index contributed by atoms with van der Waals surface area (Å²) in [6, 6.07) is 15.9. The first-order valence-corrected chi connectivity index (χ1v) is 6.96. The molecule has 0 unspecified atom stereocenters. The standard InChI is InChI=1S/C18H16O3/c1-3-20-18(19)16-11-17(21-12(16)2)15-10-6-8-13-7-4-5-9-14(13)15/h4-11H,3H2,1-2H3. The van der Waals surface area contributed by atoms with Gasteiger partial charge in [0, 0.05) is 5.56 Å². The quantitative estimate of drug-likeness (QED) is 0.659. The van der Waals surface area contributed by atoms with E-state index in [1.165, 1.54) is 0 Å². The molecule has 0 bridgehead atoms. The molecule has 0 aliphatic heterocycles. The highest BCUT2D eigenvalue weighted by atomic mass is 16.5. The van der Waals surface area contributed by atoms with E-state index in [4.69, 9.17) is 9.15 Å². The molecular weight excluding hydrogens is 264 g/mol. The Morgan fingerprint density at radius 2 is 1.90 bits per heavy atom. The molecule has 3 nitrogen and oxygen atoms in total. The van der Waals surface area contributed by atoms with Gasteiger partial charge in [-0.1, -0.05) is 42.5 Å². The summed E-state index contributed by atoms with van der Waals surface area (Å²) >= 11 is 0. The molecule has 0 saturated heterocycles. The van der Waals surface area contributed by atoms with E-state index in [1.54, 1.807) is 19.9 Å². The van der Waals surface area contributed by atoms with Gasteiger partial charge in [-0.25, -0.2) is 4.79 Å². The minimum atomic E-state index is -0.342. The monoisotopic (exact) mass is 280 g/mol. The van der Waals surface area contributed by atoms with Crippen LogP contribution in [0.25, 0.3) is 22.1 Å². The van der Waals surface area contributed by atoms with Gasteiger partial charge in [0.1, 0.15) is 17.1 Å². The highest BCUT2D eigenvalue weighted by Crippen LogP contribution is 2.31. The molecule has 2 aromatic carbocycles. The van der Waals surface area contributed by atoms with Crippen LogP contribution in [-0.2, 0) is 4.74 Å². The summed E-state index contributed by atoms with van der Waals surface area (Å²) in [7, 11) is 0. The second-order valence-electron chi connectivity index (χ2n) is 4.83. The van der Waals surface area contributed by atoms with E-state index in [0.717, 1.165) is 16.3 Å². The second kappa shape index (κ2) is 5.44. The SMILES string of the molecule is CCOC(=O)c1cc(-c2cccc3ccccc23)oc1C. The Morgan fingerprint density at radius 1 is 1.14 bits per heavy atom. The molecule has 0 amide bonds. The van der Waals surface area contributed by atoms with Gasteiger partial charge >= 0.3 is 5.97 Å². The fourth-order valence-electron chi connectivity index (χ4n) is 2.47. The summed E-state index contributed by atoms with van der Waals surface area (Å²) in [5.41, 5.74) is 1.46. The molecule has 0 saturated carbocycles. The van der Waals surface area contributed by atoms with E-state index in [0.29, 0.717) is 23.7 Å². The van der Waals surface area contributed by atoms with Gasteiger partial charge in [0.15, 0.2) is 0 Å². The third-order valence-electron chi connectivity index (χ3n) is 3.47. The average Bonchev–Trinajstić information content (AvgIpc) is 2.89. The summed E-state index contributed by atoms with van der Waals surface area (Å²) < 4.78 is 10.8. The van der Waals surface area contributed by atoms with E-state index >= 15 is 0 Å². The summed E-state index contributed by atoms with van der Waals surface area (Å²) in [5, 5.41) is 2.24. The summed E-state index contributed by atoms with van der Waals surface area (Å²) in [5.74, 6) is 0.925. The molecule has 3 heteroatoms. The first kappa shape index (κ1) is 13.4. The average molecular weight is 280 g/mol. The van der Waals surface area contributed by atoms with Crippen molar-refractivity contribution in [2.24, 2.45) is 0 Å². The summed E-state index contributed by atoms with van der Waals surface area (Å²) in [4.78, 5) is 11.9. The maximum Gasteiger partial charge on any atom is 0.341 e. The first-order valence-electron chi connectivity index (χ1n) is 6.96. The Bertz CT molecular complexity index is 794. The largest absolute Gasteiger partial charge is 0.462 e. The van der Waals surface area contributed by atoms with E-state index in [-0.39, 0.29) is 5.97 Å². The molecule has 0 atom stereocenters. The van der Waals surface area contributed by atoms with E-state index in [9.17, 15) is 4.79 Å². The van der Waals surface area contributed by atoms with Gasteiger partial charge in [-0.05, 0) is 30.7 Å². The lowest BCUT2D eigenvalue weighted by Crippen LogP contribution is -2.04. The van der Waals surface area contributed by atoms with Crippen LogP contribution in [0, 0.1) is 6.92 Å². The molecule has 0 aliphatic carbocycles. The number of carbonyl (C=O) groups excluding carboxylic acids is 1. The smallest absolute Gasteiger partial charge is 0.341 e. The Kier molecular flexibility index (Phi) is 3.48. The van der Waals surface area contributed by atoms with Gasteiger partial charge in [-0.3, -0.25) is 0 Å². The number of rotatable bonds is 3. The third-order valence-corrected chi connectivity index (χ3v) is 3.47. The fraction of sp³-hybridized carbons (Fsp3) is 0.167. The zero-order chi connectivity index (χ0) is 14.8. The molecule has 0 fully saturated rings. The van der Waals surface area contributed by atoms with Crippen LogP contribution in [0.2, 0.25) is 0 Å². The zero-order valence-corrected chi connectivity index (χ0v) is 12.1. The molecule has 1 heterocycles. The number of furan rings is 1. The molecular formula is C18H16O3. The number of carbonyl (C=O) groups is 1. The van der Waals surface area contributed by atoms with Crippen molar-refractivity contribution in [1.82, 2.24) is 0 Å². The lowest BCUT2D eigenvalue weighted by molar-refractivity contribution is 0.0524. The lowest BCUT2D eigenvalue weighted by Gasteiger charge is -2.03. The Hall–Kier alpha value is -2.55.